The van der Waals surface area contributed by atoms with Crippen LogP contribution in [0.3, 0.4) is 0 Å². The van der Waals surface area contributed by atoms with Gasteiger partial charge in [0.1, 0.15) is 12.7 Å². The van der Waals surface area contributed by atoms with Crippen LogP contribution in [0.4, 0.5) is 0 Å². The molecule has 3 atom stereocenters. The van der Waals surface area contributed by atoms with Crippen molar-refractivity contribution in [2.24, 2.45) is 5.92 Å². The predicted octanol–water partition coefficient (Wildman–Crippen LogP) is 2.56. The summed E-state index contributed by atoms with van der Waals surface area (Å²) in [6.07, 6.45) is 3.15. The summed E-state index contributed by atoms with van der Waals surface area (Å²) in [6, 6.07) is 15.3. The van der Waals surface area contributed by atoms with Crippen molar-refractivity contribution in [1.82, 2.24) is 30.9 Å². The highest BCUT2D eigenvalue weighted by Gasteiger charge is 2.34. The molecule has 1 aliphatic rings. The van der Waals surface area contributed by atoms with Crippen molar-refractivity contribution in [3.05, 3.63) is 77.3 Å². The fourth-order valence-corrected chi connectivity index (χ4v) is 3.51. The van der Waals surface area contributed by atoms with E-state index in [1.807, 2.05) is 55.5 Å². The average Bonchev–Trinajstić information content (AvgIpc) is 3.41. The van der Waals surface area contributed by atoms with Crippen molar-refractivity contribution in [3.8, 4) is 5.69 Å². The van der Waals surface area contributed by atoms with Crippen LogP contribution in [-0.4, -0.2) is 27.2 Å². The van der Waals surface area contributed by atoms with Crippen molar-refractivity contribution in [2.45, 2.75) is 19.0 Å². The summed E-state index contributed by atoms with van der Waals surface area (Å²) in [5.74, 6) is -0.205. The standard InChI is InChI=1S/C20H21ClN6O/c1-13(14-4-8-17(9-5-14)27-12-22-11-24-27)25-20(28)18-10-23-26-19(18)15-2-6-16(21)7-3-15/h2-9,11-13,18-19,23,26H,10H2,1H3,(H,25,28). The summed E-state index contributed by atoms with van der Waals surface area (Å²) in [6.45, 7) is 2.55. The number of carbonyl (C=O) groups excluding carboxylic acids is 1. The molecule has 8 heteroatoms. The van der Waals surface area contributed by atoms with Gasteiger partial charge in [0.05, 0.1) is 23.7 Å². The van der Waals surface area contributed by atoms with E-state index in [9.17, 15) is 4.79 Å². The fraction of sp³-hybridized carbons (Fsp3) is 0.250. The molecule has 28 heavy (non-hydrogen) atoms. The fourth-order valence-electron chi connectivity index (χ4n) is 3.39. The first-order chi connectivity index (χ1) is 13.6. The number of halogens is 1. The summed E-state index contributed by atoms with van der Waals surface area (Å²) >= 11 is 5.97. The van der Waals surface area contributed by atoms with Gasteiger partial charge in [0, 0.05) is 11.6 Å². The van der Waals surface area contributed by atoms with Gasteiger partial charge in [0.15, 0.2) is 0 Å². The van der Waals surface area contributed by atoms with Crippen LogP contribution in [0.25, 0.3) is 5.69 Å². The van der Waals surface area contributed by atoms with Crippen LogP contribution in [0.5, 0.6) is 0 Å². The molecule has 0 saturated carbocycles. The number of nitrogens with zero attached hydrogens (tertiary/aromatic N) is 3. The van der Waals surface area contributed by atoms with Gasteiger partial charge in [-0.25, -0.2) is 15.1 Å². The molecule has 7 nitrogen and oxygen atoms in total. The highest BCUT2D eigenvalue weighted by Crippen LogP contribution is 2.27. The molecule has 0 aliphatic carbocycles. The summed E-state index contributed by atoms with van der Waals surface area (Å²) < 4.78 is 1.69. The zero-order valence-electron chi connectivity index (χ0n) is 15.3. The lowest BCUT2D eigenvalue weighted by Gasteiger charge is -2.21. The van der Waals surface area contributed by atoms with Crippen molar-refractivity contribution < 1.29 is 4.79 Å². The lowest BCUT2D eigenvalue weighted by molar-refractivity contribution is -0.125. The summed E-state index contributed by atoms with van der Waals surface area (Å²) in [7, 11) is 0. The van der Waals surface area contributed by atoms with Gasteiger partial charge in [-0.15, -0.1) is 0 Å². The SMILES string of the molecule is CC(NC(=O)C1CNNC1c1ccc(Cl)cc1)c1ccc(-n2cncn2)cc1. The van der Waals surface area contributed by atoms with E-state index in [1.54, 1.807) is 11.0 Å². The minimum absolute atomic E-state index is 0.00491. The van der Waals surface area contributed by atoms with Crippen molar-refractivity contribution >= 4 is 17.5 Å². The Bertz CT molecular complexity index is 926. The molecule has 3 N–H and O–H groups in total. The van der Waals surface area contributed by atoms with Gasteiger partial charge >= 0.3 is 0 Å². The number of nitrogens with one attached hydrogen (secondary N) is 3. The molecule has 1 amide bonds. The molecule has 1 saturated heterocycles. The largest absolute Gasteiger partial charge is 0.349 e. The Morgan fingerprint density at radius 1 is 1.21 bits per heavy atom. The van der Waals surface area contributed by atoms with E-state index in [0.29, 0.717) is 11.6 Å². The van der Waals surface area contributed by atoms with E-state index in [0.717, 1.165) is 16.8 Å². The second-order valence-corrected chi connectivity index (χ2v) is 7.26. The van der Waals surface area contributed by atoms with Crippen molar-refractivity contribution in [3.63, 3.8) is 0 Å². The maximum absolute atomic E-state index is 12.9. The first kappa shape index (κ1) is 18.6. The van der Waals surface area contributed by atoms with Crippen LogP contribution in [0.2, 0.25) is 5.02 Å². The molecule has 0 spiro atoms. The predicted molar refractivity (Wildman–Crippen MR) is 107 cm³/mol. The Morgan fingerprint density at radius 3 is 2.64 bits per heavy atom. The summed E-state index contributed by atoms with van der Waals surface area (Å²) in [4.78, 5) is 16.8. The van der Waals surface area contributed by atoms with Crippen LogP contribution < -0.4 is 16.2 Å². The summed E-state index contributed by atoms with van der Waals surface area (Å²) in [5, 5.41) is 7.92. The first-order valence-electron chi connectivity index (χ1n) is 9.11. The van der Waals surface area contributed by atoms with E-state index in [-0.39, 0.29) is 23.9 Å². The minimum Gasteiger partial charge on any atom is -0.349 e. The van der Waals surface area contributed by atoms with Gasteiger partial charge in [-0.2, -0.15) is 5.10 Å². The van der Waals surface area contributed by atoms with Crippen LogP contribution in [0, 0.1) is 5.92 Å². The van der Waals surface area contributed by atoms with Crippen molar-refractivity contribution in [2.75, 3.05) is 6.54 Å². The Balaban J connectivity index is 1.43. The maximum Gasteiger partial charge on any atom is 0.226 e. The quantitative estimate of drug-likeness (QED) is 0.617. The number of hydrogen-bond acceptors (Lipinski definition) is 5. The van der Waals surface area contributed by atoms with Gasteiger partial charge in [0.25, 0.3) is 0 Å². The van der Waals surface area contributed by atoms with E-state index in [4.69, 9.17) is 11.6 Å². The minimum atomic E-state index is -0.210. The molecular weight excluding hydrogens is 376 g/mol. The van der Waals surface area contributed by atoms with E-state index in [1.165, 1.54) is 6.33 Å². The van der Waals surface area contributed by atoms with E-state index >= 15 is 0 Å². The zero-order valence-corrected chi connectivity index (χ0v) is 16.1. The molecule has 4 rings (SSSR count). The third-order valence-electron chi connectivity index (χ3n) is 4.98. The van der Waals surface area contributed by atoms with Gasteiger partial charge < -0.3 is 5.32 Å². The van der Waals surface area contributed by atoms with Gasteiger partial charge in [-0.3, -0.25) is 10.2 Å². The molecule has 2 aromatic carbocycles. The lowest BCUT2D eigenvalue weighted by atomic mass is 9.93. The number of benzene rings is 2. The van der Waals surface area contributed by atoms with Crippen LogP contribution >= 0.6 is 11.6 Å². The van der Waals surface area contributed by atoms with Crippen LogP contribution in [0.15, 0.2) is 61.2 Å². The van der Waals surface area contributed by atoms with E-state index < -0.39 is 0 Å². The Morgan fingerprint density at radius 2 is 1.96 bits per heavy atom. The monoisotopic (exact) mass is 396 g/mol. The molecule has 1 fully saturated rings. The zero-order chi connectivity index (χ0) is 19.5. The number of amides is 1. The molecule has 2 heterocycles. The van der Waals surface area contributed by atoms with Gasteiger partial charge in [0.2, 0.25) is 5.91 Å². The van der Waals surface area contributed by atoms with E-state index in [2.05, 4.69) is 26.3 Å². The molecule has 0 bridgehead atoms. The molecule has 1 aromatic heterocycles. The normalized spacial score (nSPS) is 20.1. The number of aromatic nitrogens is 3. The van der Waals surface area contributed by atoms with Gasteiger partial charge in [-0.1, -0.05) is 35.9 Å². The Hall–Kier alpha value is -2.74. The number of rotatable bonds is 5. The molecule has 3 unspecified atom stereocenters. The molecule has 1 aliphatic heterocycles. The molecule has 0 radical (unpaired) electrons. The highest BCUT2D eigenvalue weighted by molar-refractivity contribution is 6.30. The van der Waals surface area contributed by atoms with Gasteiger partial charge in [-0.05, 0) is 42.3 Å². The molecule has 3 aromatic rings. The highest BCUT2D eigenvalue weighted by atomic mass is 35.5. The maximum atomic E-state index is 12.9. The number of hydrogen-bond donors (Lipinski definition) is 3. The summed E-state index contributed by atoms with van der Waals surface area (Å²) in [5.41, 5.74) is 9.26. The Labute approximate surface area is 168 Å². The topological polar surface area (TPSA) is 83.9 Å². The third-order valence-corrected chi connectivity index (χ3v) is 5.23. The Kier molecular flexibility index (Phi) is 5.38. The molecular formula is C20H21ClN6O. The molecule has 144 valence electrons. The second kappa shape index (κ2) is 8.10. The first-order valence-corrected chi connectivity index (χ1v) is 9.49. The van der Waals surface area contributed by atoms with Crippen molar-refractivity contribution in [1.29, 1.82) is 0 Å². The lowest BCUT2D eigenvalue weighted by Crippen LogP contribution is -2.36. The number of hydrazine groups is 1. The number of carbonyl (C=O) groups is 1. The third kappa shape index (κ3) is 3.91. The van der Waals surface area contributed by atoms with Crippen LogP contribution in [0.1, 0.15) is 30.1 Å². The second-order valence-electron chi connectivity index (χ2n) is 6.82. The average molecular weight is 397 g/mol. The van der Waals surface area contributed by atoms with Crippen LogP contribution in [-0.2, 0) is 4.79 Å². The smallest absolute Gasteiger partial charge is 0.226 e.